The van der Waals surface area contributed by atoms with Crippen molar-refractivity contribution in [3.8, 4) is 0 Å². The molecule has 88 valence electrons. The third-order valence-electron chi connectivity index (χ3n) is 2.10. The zero-order chi connectivity index (χ0) is 12.3. The number of rotatable bonds is 3. The van der Waals surface area contributed by atoms with Gasteiger partial charge in [0.25, 0.3) is 0 Å². The van der Waals surface area contributed by atoms with E-state index < -0.39 is 0 Å². The lowest BCUT2D eigenvalue weighted by atomic mass is 10.3. The number of benzene rings is 1. The molecule has 0 fully saturated rings. The molecule has 0 amide bonds. The Balaban J connectivity index is 2.04. The van der Waals surface area contributed by atoms with Crippen molar-refractivity contribution in [3.63, 3.8) is 0 Å². The topological polar surface area (TPSA) is 12.9 Å². The fourth-order valence-corrected chi connectivity index (χ4v) is 2.74. The summed E-state index contributed by atoms with van der Waals surface area (Å²) in [6.45, 7) is 0. The van der Waals surface area contributed by atoms with Crippen molar-refractivity contribution in [1.29, 1.82) is 0 Å². The van der Waals surface area contributed by atoms with Crippen LogP contribution in [-0.2, 0) is 5.75 Å². The molecule has 0 atom stereocenters. The highest BCUT2D eigenvalue weighted by molar-refractivity contribution is 7.98. The average Bonchev–Trinajstić information content (AvgIpc) is 2.30. The van der Waals surface area contributed by atoms with Gasteiger partial charge in [-0.05, 0) is 35.9 Å². The standard InChI is InChI=1S/C12H8Cl3NS/c13-9-2-4-10(5-3-9)17-7-8-1-6-11(14)16-12(8)15/h1-6H,7H2. The molecule has 0 saturated carbocycles. The van der Waals surface area contributed by atoms with Crippen LogP contribution in [0.25, 0.3) is 0 Å². The van der Waals surface area contributed by atoms with Crippen LogP contribution in [-0.4, -0.2) is 4.98 Å². The zero-order valence-corrected chi connectivity index (χ0v) is 11.7. The molecule has 0 bridgehead atoms. The zero-order valence-electron chi connectivity index (χ0n) is 8.66. The van der Waals surface area contributed by atoms with Gasteiger partial charge in [0.15, 0.2) is 0 Å². The van der Waals surface area contributed by atoms with E-state index in [1.807, 2.05) is 30.3 Å². The Morgan fingerprint density at radius 1 is 0.941 bits per heavy atom. The molecule has 0 unspecified atom stereocenters. The molecule has 0 N–H and O–H groups in total. The first kappa shape index (κ1) is 13.0. The second kappa shape index (κ2) is 5.96. The molecule has 2 rings (SSSR count). The molecule has 1 aromatic heterocycles. The van der Waals surface area contributed by atoms with Crippen molar-refractivity contribution in [2.75, 3.05) is 0 Å². The van der Waals surface area contributed by atoms with Crippen LogP contribution in [0.3, 0.4) is 0 Å². The maximum atomic E-state index is 5.99. The summed E-state index contributed by atoms with van der Waals surface area (Å²) in [5, 5.41) is 1.61. The van der Waals surface area contributed by atoms with E-state index in [9.17, 15) is 0 Å². The highest BCUT2D eigenvalue weighted by Crippen LogP contribution is 2.27. The second-order valence-electron chi connectivity index (χ2n) is 3.33. The van der Waals surface area contributed by atoms with Gasteiger partial charge in [0.2, 0.25) is 0 Å². The molecule has 0 spiro atoms. The number of hydrogen-bond acceptors (Lipinski definition) is 2. The van der Waals surface area contributed by atoms with E-state index in [1.165, 1.54) is 0 Å². The third-order valence-corrected chi connectivity index (χ3v) is 3.95. The van der Waals surface area contributed by atoms with Crippen LogP contribution < -0.4 is 0 Å². The Morgan fingerprint density at radius 2 is 1.65 bits per heavy atom. The molecule has 1 heterocycles. The quantitative estimate of drug-likeness (QED) is 0.561. The normalized spacial score (nSPS) is 10.5. The van der Waals surface area contributed by atoms with E-state index in [-0.39, 0.29) is 0 Å². The van der Waals surface area contributed by atoms with Gasteiger partial charge in [-0.25, -0.2) is 4.98 Å². The Bertz CT molecular complexity index is 514. The van der Waals surface area contributed by atoms with Crippen LogP contribution in [0.1, 0.15) is 5.56 Å². The largest absolute Gasteiger partial charge is 0.224 e. The Kier molecular flexibility index (Phi) is 4.57. The highest BCUT2D eigenvalue weighted by Gasteiger charge is 2.03. The first-order valence-electron chi connectivity index (χ1n) is 4.84. The molecule has 1 nitrogen and oxygen atoms in total. The van der Waals surface area contributed by atoms with Crippen molar-refractivity contribution in [3.05, 3.63) is 57.3 Å². The van der Waals surface area contributed by atoms with Crippen molar-refractivity contribution in [2.24, 2.45) is 0 Å². The third kappa shape index (κ3) is 3.78. The number of aromatic nitrogens is 1. The summed E-state index contributed by atoms with van der Waals surface area (Å²) in [6, 6.07) is 11.3. The SMILES string of the molecule is Clc1ccc(SCc2ccc(Cl)nc2Cl)cc1. The van der Waals surface area contributed by atoms with Gasteiger partial charge in [0.1, 0.15) is 10.3 Å². The number of nitrogens with zero attached hydrogens (tertiary/aromatic N) is 1. The summed E-state index contributed by atoms with van der Waals surface area (Å²) >= 11 is 19.2. The van der Waals surface area contributed by atoms with E-state index in [0.29, 0.717) is 10.3 Å². The average molecular weight is 305 g/mol. The Labute approximate surface area is 119 Å². The molecule has 0 aliphatic rings. The summed E-state index contributed by atoms with van der Waals surface area (Å²) in [4.78, 5) is 5.14. The Hall–Kier alpha value is -0.410. The molecule has 1 aromatic carbocycles. The molecule has 0 aliphatic carbocycles. The van der Waals surface area contributed by atoms with Gasteiger partial charge >= 0.3 is 0 Å². The lowest BCUT2D eigenvalue weighted by Gasteiger charge is -2.04. The van der Waals surface area contributed by atoms with Gasteiger partial charge < -0.3 is 0 Å². The molecule has 0 radical (unpaired) electrons. The maximum absolute atomic E-state index is 5.99. The van der Waals surface area contributed by atoms with Crippen molar-refractivity contribution in [2.45, 2.75) is 10.6 Å². The van der Waals surface area contributed by atoms with Gasteiger partial charge in [-0.3, -0.25) is 0 Å². The lowest BCUT2D eigenvalue weighted by Crippen LogP contribution is -1.86. The minimum absolute atomic E-state index is 0.412. The molecule has 0 aliphatic heterocycles. The minimum Gasteiger partial charge on any atom is -0.224 e. The lowest BCUT2D eigenvalue weighted by molar-refractivity contribution is 1.25. The summed E-state index contributed by atoms with van der Waals surface area (Å²) in [5.74, 6) is 0.755. The number of hydrogen-bond donors (Lipinski definition) is 0. The predicted molar refractivity (Wildman–Crippen MR) is 75.3 cm³/mol. The second-order valence-corrected chi connectivity index (χ2v) is 5.56. The minimum atomic E-state index is 0.412. The van der Waals surface area contributed by atoms with Crippen molar-refractivity contribution in [1.82, 2.24) is 4.98 Å². The number of pyridine rings is 1. The molecule has 0 saturated heterocycles. The van der Waals surface area contributed by atoms with Gasteiger partial charge in [-0.2, -0.15) is 0 Å². The molecule has 5 heteroatoms. The van der Waals surface area contributed by atoms with Gasteiger partial charge in [0.05, 0.1) is 0 Å². The van der Waals surface area contributed by atoms with Crippen molar-refractivity contribution < 1.29 is 0 Å². The molecular weight excluding hydrogens is 297 g/mol. The molecule has 2 aromatic rings. The summed E-state index contributed by atoms with van der Waals surface area (Å²) < 4.78 is 0. The van der Waals surface area contributed by atoms with Gasteiger partial charge in [-0.15, -0.1) is 11.8 Å². The summed E-state index contributed by atoms with van der Waals surface area (Å²) in [7, 11) is 0. The van der Waals surface area contributed by atoms with Gasteiger partial charge in [-0.1, -0.05) is 40.9 Å². The monoisotopic (exact) mass is 303 g/mol. The fourth-order valence-electron chi connectivity index (χ4n) is 1.24. The van der Waals surface area contributed by atoms with Crippen LogP contribution >= 0.6 is 46.6 Å². The Morgan fingerprint density at radius 3 is 2.29 bits per heavy atom. The van der Waals surface area contributed by atoms with Crippen LogP contribution in [0.15, 0.2) is 41.3 Å². The van der Waals surface area contributed by atoms with Gasteiger partial charge in [0, 0.05) is 15.7 Å². The van der Waals surface area contributed by atoms with Crippen LogP contribution in [0.5, 0.6) is 0 Å². The number of thioether (sulfide) groups is 1. The summed E-state index contributed by atoms with van der Waals surface area (Å²) in [5.41, 5.74) is 0.969. The van der Waals surface area contributed by atoms with E-state index in [4.69, 9.17) is 34.8 Å². The first-order chi connectivity index (χ1) is 8.15. The first-order valence-corrected chi connectivity index (χ1v) is 6.96. The fraction of sp³-hybridized carbons (Fsp3) is 0.0833. The van der Waals surface area contributed by atoms with E-state index in [1.54, 1.807) is 17.8 Å². The summed E-state index contributed by atoms with van der Waals surface area (Å²) in [6.07, 6.45) is 0. The van der Waals surface area contributed by atoms with Crippen LogP contribution in [0.2, 0.25) is 15.3 Å². The maximum Gasteiger partial charge on any atom is 0.134 e. The number of halogens is 3. The van der Waals surface area contributed by atoms with E-state index in [0.717, 1.165) is 21.2 Å². The molecular formula is C12H8Cl3NS. The van der Waals surface area contributed by atoms with E-state index >= 15 is 0 Å². The molecule has 17 heavy (non-hydrogen) atoms. The highest BCUT2D eigenvalue weighted by atomic mass is 35.5. The smallest absolute Gasteiger partial charge is 0.134 e. The van der Waals surface area contributed by atoms with E-state index in [2.05, 4.69) is 4.98 Å². The van der Waals surface area contributed by atoms with Crippen LogP contribution in [0, 0.1) is 0 Å². The predicted octanol–water partition coefficient (Wildman–Crippen LogP) is 5.33. The van der Waals surface area contributed by atoms with Crippen molar-refractivity contribution >= 4 is 46.6 Å². The van der Waals surface area contributed by atoms with Crippen LogP contribution in [0.4, 0.5) is 0 Å².